The second kappa shape index (κ2) is 5.40. The number of aromatic carboxylic acids is 1. The van der Waals surface area contributed by atoms with Gasteiger partial charge in [-0.25, -0.2) is 4.79 Å². The summed E-state index contributed by atoms with van der Waals surface area (Å²) in [6.45, 7) is 3.76. The molecule has 0 saturated carbocycles. The molecule has 0 spiro atoms. The Morgan fingerprint density at radius 2 is 2.14 bits per heavy atom. The minimum atomic E-state index is -0.850. The first kappa shape index (κ1) is 10.7. The van der Waals surface area contributed by atoms with Gasteiger partial charge in [-0.2, -0.15) is 0 Å². The summed E-state index contributed by atoms with van der Waals surface area (Å²) in [4.78, 5) is 10.8. The monoisotopic (exact) mass is 193 g/mol. The van der Waals surface area contributed by atoms with Crippen LogP contribution in [-0.2, 0) is 6.42 Å². The third-order valence-electron chi connectivity index (χ3n) is 2.07. The predicted octanol–water partition coefficient (Wildman–Crippen LogP) is 1.54. The van der Waals surface area contributed by atoms with Crippen LogP contribution in [0, 0.1) is 0 Å². The van der Waals surface area contributed by atoms with E-state index in [1.165, 1.54) is 0 Å². The molecule has 0 aliphatic heterocycles. The van der Waals surface area contributed by atoms with Gasteiger partial charge < -0.3 is 10.4 Å². The van der Waals surface area contributed by atoms with E-state index in [2.05, 4.69) is 5.32 Å². The van der Waals surface area contributed by atoms with Gasteiger partial charge in [-0.1, -0.05) is 25.1 Å². The summed E-state index contributed by atoms with van der Waals surface area (Å²) in [5, 5.41) is 12.1. The number of carboxylic acids is 1. The SMILES string of the molecule is CCNCCc1ccccc1C(=O)O. The molecule has 1 rings (SSSR count). The van der Waals surface area contributed by atoms with Crippen LogP contribution in [-0.4, -0.2) is 24.2 Å². The Bertz CT molecular complexity index is 310. The Morgan fingerprint density at radius 1 is 1.43 bits per heavy atom. The van der Waals surface area contributed by atoms with Crippen LogP contribution in [0.1, 0.15) is 22.8 Å². The van der Waals surface area contributed by atoms with Gasteiger partial charge in [0.15, 0.2) is 0 Å². The highest BCUT2D eigenvalue weighted by molar-refractivity contribution is 5.89. The van der Waals surface area contributed by atoms with Crippen LogP contribution < -0.4 is 5.32 Å². The Labute approximate surface area is 83.8 Å². The molecule has 1 aromatic rings. The van der Waals surface area contributed by atoms with E-state index < -0.39 is 5.97 Å². The van der Waals surface area contributed by atoms with Crippen molar-refractivity contribution in [2.75, 3.05) is 13.1 Å². The van der Waals surface area contributed by atoms with Gasteiger partial charge in [0.05, 0.1) is 5.56 Å². The average Bonchev–Trinajstić information content (AvgIpc) is 2.19. The number of hydrogen-bond donors (Lipinski definition) is 2. The van der Waals surface area contributed by atoms with Crippen LogP contribution in [0.3, 0.4) is 0 Å². The first-order chi connectivity index (χ1) is 6.75. The van der Waals surface area contributed by atoms with Gasteiger partial charge in [0.2, 0.25) is 0 Å². The van der Waals surface area contributed by atoms with Gasteiger partial charge in [-0.3, -0.25) is 0 Å². The highest BCUT2D eigenvalue weighted by atomic mass is 16.4. The number of benzene rings is 1. The van der Waals surface area contributed by atoms with Crippen molar-refractivity contribution in [1.82, 2.24) is 5.32 Å². The number of nitrogens with one attached hydrogen (secondary N) is 1. The summed E-state index contributed by atoms with van der Waals surface area (Å²) < 4.78 is 0. The zero-order chi connectivity index (χ0) is 10.4. The summed E-state index contributed by atoms with van der Waals surface area (Å²) >= 11 is 0. The first-order valence-corrected chi connectivity index (χ1v) is 4.77. The molecule has 0 aromatic heterocycles. The number of hydrogen-bond acceptors (Lipinski definition) is 2. The molecule has 0 saturated heterocycles. The van der Waals surface area contributed by atoms with Crippen LogP contribution >= 0.6 is 0 Å². The van der Waals surface area contributed by atoms with Crippen molar-refractivity contribution < 1.29 is 9.90 Å². The molecule has 0 bridgehead atoms. The van der Waals surface area contributed by atoms with Crippen LogP contribution in [0.5, 0.6) is 0 Å². The van der Waals surface area contributed by atoms with E-state index in [4.69, 9.17) is 5.11 Å². The van der Waals surface area contributed by atoms with Crippen LogP contribution in [0.4, 0.5) is 0 Å². The van der Waals surface area contributed by atoms with Crippen molar-refractivity contribution >= 4 is 5.97 Å². The van der Waals surface area contributed by atoms with E-state index in [9.17, 15) is 4.79 Å². The van der Waals surface area contributed by atoms with Crippen molar-refractivity contribution in [3.63, 3.8) is 0 Å². The molecule has 0 radical (unpaired) electrons. The molecule has 0 fully saturated rings. The van der Waals surface area contributed by atoms with Gasteiger partial charge in [-0.05, 0) is 31.1 Å². The van der Waals surface area contributed by atoms with Crippen molar-refractivity contribution in [2.24, 2.45) is 0 Å². The molecule has 0 aliphatic rings. The predicted molar refractivity (Wildman–Crippen MR) is 55.6 cm³/mol. The maximum absolute atomic E-state index is 10.8. The molecule has 2 N–H and O–H groups in total. The van der Waals surface area contributed by atoms with Gasteiger partial charge >= 0.3 is 5.97 Å². The molecular formula is C11H15NO2. The zero-order valence-electron chi connectivity index (χ0n) is 8.29. The lowest BCUT2D eigenvalue weighted by molar-refractivity contribution is 0.0695. The van der Waals surface area contributed by atoms with E-state index >= 15 is 0 Å². The molecule has 76 valence electrons. The molecule has 3 heteroatoms. The number of likely N-dealkylation sites (N-methyl/N-ethyl adjacent to an activating group) is 1. The molecule has 1 aromatic carbocycles. The minimum Gasteiger partial charge on any atom is -0.478 e. The number of rotatable bonds is 5. The largest absolute Gasteiger partial charge is 0.478 e. The molecule has 3 nitrogen and oxygen atoms in total. The Morgan fingerprint density at radius 3 is 2.79 bits per heavy atom. The van der Waals surface area contributed by atoms with Crippen LogP contribution in [0.15, 0.2) is 24.3 Å². The summed E-state index contributed by atoms with van der Waals surface area (Å²) in [7, 11) is 0. The Kier molecular flexibility index (Phi) is 4.13. The fourth-order valence-corrected chi connectivity index (χ4v) is 1.35. The van der Waals surface area contributed by atoms with Crippen LogP contribution in [0.2, 0.25) is 0 Å². The van der Waals surface area contributed by atoms with Crippen molar-refractivity contribution in [3.05, 3.63) is 35.4 Å². The summed E-state index contributed by atoms with van der Waals surface area (Å²) in [5.41, 5.74) is 1.30. The molecule has 0 unspecified atom stereocenters. The molecular weight excluding hydrogens is 178 g/mol. The lowest BCUT2D eigenvalue weighted by atomic mass is 10.0. The van der Waals surface area contributed by atoms with Gasteiger partial charge in [0.25, 0.3) is 0 Å². The van der Waals surface area contributed by atoms with Crippen molar-refractivity contribution in [3.8, 4) is 0 Å². The lowest BCUT2D eigenvalue weighted by Gasteiger charge is -2.05. The molecule has 14 heavy (non-hydrogen) atoms. The van der Waals surface area contributed by atoms with Gasteiger partial charge in [-0.15, -0.1) is 0 Å². The summed E-state index contributed by atoms with van der Waals surface area (Å²) in [6.07, 6.45) is 0.760. The molecule has 0 atom stereocenters. The second-order valence-electron chi connectivity index (χ2n) is 3.07. The highest BCUT2D eigenvalue weighted by Gasteiger charge is 2.07. The fourth-order valence-electron chi connectivity index (χ4n) is 1.35. The fraction of sp³-hybridized carbons (Fsp3) is 0.364. The Balaban J connectivity index is 2.69. The average molecular weight is 193 g/mol. The maximum atomic E-state index is 10.8. The van der Waals surface area contributed by atoms with Crippen molar-refractivity contribution in [1.29, 1.82) is 0 Å². The number of carboxylic acid groups (broad SMARTS) is 1. The van der Waals surface area contributed by atoms with E-state index in [0.717, 1.165) is 25.1 Å². The number of carbonyl (C=O) groups is 1. The lowest BCUT2D eigenvalue weighted by Crippen LogP contribution is -2.17. The minimum absolute atomic E-state index is 0.408. The third-order valence-corrected chi connectivity index (χ3v) is 2.07. The maximum Gasteiger partial charge on any atom is 0.335 e. The molecule has 0 amide bonds. The molecule has 0 aliphatic carbocycles. The van der Waals surface area contributed by atoms with Gasteiger partial charge in [0.1, 0.15) is 0 Å². The third kappa shape index (κ3) is 2.85. The van der Waals surface area contributed by atoms with Crippen molar-refractivity contribution in [2.45, 2.75) is 13.3 Å². The second-order valence-corrected chi connectivity index (χ2v) is 3.07. The standard InChI is InChI=1S/C11H15NO2/c1-2-12-8-7-9-5-3-4-6-10(9)11(13)14/h3-6,12H,2,7-8H2,1H3,(H,13,14). The van der Waals surface area contributed by atoms with Crippen LogP contribution in [0.25, 0.3) is 0 Å². The van der Waals surface area contributed by atoms with E-state index in [1.54, 1.807) is 12.1 Å². The van der Waals surface area contributed by atoms with Gasteiger partial charge in [0, 0.05) is 0 Å². The highest BCUT2D eigenvalue weighted by Crippen LogP contribution is 2.08. The topological polar surface area (TPSA) is 49.3 Å². The smallest absolute Gasteiger partial charge is 0.335 e. The summed E-state index contributed by atoms with van der Waals surface area (Å²) in [5.74, 6) is -0.850. The normalized spacial score (nSPS) is 10.1. The van der Waals surface area contributed by atoms with E-state index in [-0.39, 0.29) is 0 Å². The first-order valence-electron chi connectivity index (χ1n) is 4.77. The van der Waals surface area contributed by atoms with E-state index in [1.807, 2.05) is 19.1 Å². The zero-order valence-corrected chi connectivity index (χ0v) is 8.29. The summed E-state index contributed by atoms with van der Waals surface area (Å²) in [6, 6.07) is 7.12. The van der Waals surface area contributed by atoms with E-state index in [0.29, 0.717) is 5.56 Å². The Hall–Kier alpha value is -1.35. The molecule has 0 heterocycles. The quantitative estimate of drug-likeness (QED) is 0.697.